The summed E-state index contributed by atoms with van der Waals surface area (Å²) in [5, 5.41) is 0. The van der Waals surface area contributed by atoms with Gasteiger partial charge < -0.3 is 20.9 Å². The van der Waals surface area contributed by atoms with Gasteiger partial charge in [-0.2, -0.15) is 4.98 Å². The Kier molecular flexibility index (Phi) is 4.97. The van der Waals surface area contributed by atoms with Crippen LogP contribution in [0.5, 0.6) is 5.75 Å². The zero-order chi connectivity index (χ0) is 19.5. The number of aromatic nitrogens is 4. The van der Waals surface area contributed by atoms with Crippen molar-refractivity contribution in [3.05, 3.63) is 30.1 Å². The molecule has 0 aromatic heterocycles. The highest BCUT2D eigenvalue weighted by atomic mass is 16.5. The first-order chi connectivity index (χ1) is 13.7. The Labute approximate surface area is 162 Å². The van der Waals surface area contributed by atoms with Gasteiger partial charge in [0.15, 0.2) is 17.3 Å². The SMILES string of the molecule is COc1cc(C#CCN2CCOCC2)ccc1-n1c(N)nc(N)c2ncnc1-2. The normalized spacial score (nSPS) is 14.6. The number of nitrogens with two attached hydrogens (primary N) is 2. The highest BCUT2D eigenvalue weighted by Crippen LogP contribution is 2.33. The number of imidazole rings is 1. The summed E-state index contributed by atoms with van der Waals surface area (Å²) >= 11 is 0. The van der Waals surface area contributed by atoms with Crippen LogP contribution in [0.2, 0.25) is 0 Å². The number of ether oxygens (including phenoxy) is 2. The number of hydrogen-bond acceptors (Lipinski definition) is 8. The first-order valence-electron chi connectivity index (χ1n) is 8.89. The van der Waals surface area contributed by atoms with Crippen molar-refractivity contribution in [2.75, 3.05) is 51.4 Å². The van der Waals surface area contributed by atoms with Crippen molar-refractivity contribution in [3.63, 3.8) is 0 Å². The third kappa shape index (κ3) is 3.43. The molecule has 3 aliphatic rings. The van der Waals surface area contributed by atoms with Gasteiger partial charge in [0.1, 0.15) is 12.1 Å². The first-order valence-corrected chi connectivity index (χ1v) is 8.89. The van der Waals surface area contributed by atoms with Crippen molar-refractivity contribution in [3.8, 4) is 34.8 Å². The topological polar surface area (TPSA) is 117 Å². The molecule has 0 aliphatic carbocycles. The third-order valence-electron chi connectivity index (χ3n) is 4.56. The number of methoxy groups -OCH3 is 1. The van der Waals surface area contributed by atoms with Gasteiger partial charge in [0.25, 0.3) is 0 Å². The molecule has 0 amide bonds. The quantitative estimate of drug-likeness (QED) is 0.636. The molecule has 9 heteroatoms. The maximum Gasteiger partial charge on any atom is 0.208 e. The van der Waals surface area contributed by atoms with E-state index in [-0.39, 0.29) is 11.8 Å². The van der Waals surface area contributed by atoms with Crippen LogP contribution in [0, 0.1) is 11.8 Å². The lowest BCUT2D eigenvalue weighted by Gasteiger charge is -2.24. The van der Waals surface area contributed by atoms with E-state index in [1.807, 2.05) is 18.2 Å². The molecule has 144 valence electrons. The molecule has 28 heavy (non-hydrogen) atoms. The summed E-state index contributed by atoms with van der Waals surface area (Å²) in [6.07, 6.45) is 1.43. The highest BCUT2D eigenvalue weighted by Gasteiger charge is 2.21. The zero-order valence-electron chi connectivity index (χ0n) is 15.6. The molecule has 0 spiro atoms. The Hall–Kier alpha value is -3.35. The largest absolute Gasteiger partial charge is 0.495 e. The average molecular weight is 379 g/mol. The van der Waals surface area contributed by atoms with Crippen molar-refractivity contribution >= 4 is 11.8 Å². The lowest BCUT2D eigenvalue weighted by Crippen LogP contribution is -2.36. The number of rotatable bonds is 3. The maximum absolute atomic E-state index is 6.11. The van der Waals surface area contributed by atoms with Gasteiger partial charge in [-0.05, 0) is 18.2 Å². The molecule has 0 unspecified atom stereocenters. The molecule has 1 saturated heterocycles. The van der Waals surface area contributed by atoms with E-state index < -0.39 is 0 Å². The fourth-order valence-electron chi connectivity index (χ4n) is 3.13. The first kappa shape index (κ1) is 18.0. The zero-order valence-corrected chi connectivity index (χ0v) is 15.6. The van der Waals surface area contributed by atoms with Gasteiger partial charge in [0, 0.05) is 18.7 Å². The van der Waals surface area contributed by atoms with Gasteiger partial charge in [-0.1, -0.05) is 11.8 Å². The third-order valence-corrected chi connectivity index (χ3v) is 4.56. The van der Waals surface area contributed by atoms with E-state index in [1.54, 1.807) is 11.7 Å². The van der Waals surface area contributed by atoms with Gasteiger partial charge in [-0.25, -0.2) is 9.97 Å². The Morgan fingerprint density at radius 3 is 2.82 bits per heavy atom. The van der Waals surface area contributed by atoms with Gasteiger partial charge in [-0.15, -0.1) is 0 Å². The molecule has 1 aromatic carbocycles. The number of hydrogen-bond donors (Lipinski definition) is 2. The lowest BCUT2D eigenvalue weighted by molar-refractivity contribution is 0.0443. The van der Waals surface area contributed by atoms with Crippen LogP contribution in [0.3, 0.4) is 0 Å². The van der Waals surface area contributed by atoms with Crippen LogP contribution in [0.15, 0.2) is 24.5 Å². The summed E-state index contributed by atoms with van der Waals surface area (Å²) < 4.78 is 12.6. The van der Waals surface area contributed by atoms with Crippen LogP contribution in [0.1, 0.15) is 5.56 Å². The van der Waals surface area contributed by atoms with E-state index in [1.165, 1.54) is 6.33 Å². The number of fused-ring (bicyclic) bond motifs is 1. The number of nitrogens with zero attached hydrogens (tertiary/aromatic N) is 5. The van der Waals surface area contributed by atoms with Crippen molar-refractivity contribution < 1.29 is 9.47 Å². The Morgan fingerprint density at radius 2 is 2.04 bits per heavy atom. The second kappa shape index (κ2) is 7.72. The maximum atomic E-state index is 6.11. The van der Waals surface area contributed by atoms with E-state index in [2.05, 4.69) is 31.7 Å². The Morgan fingerprint density at radius 1 is 1.21 bits per heavy atom. The summed E-state index contributed by atoms with van der Waals surface area (Å²) in [5.41, 5.74) is 14.0. The fraction of sp³-hybridized carbons (Fsp3) is 0.316. The smallest absolute Gasteiger partial charge is 0.208 e. The molecule has 9 nitrogen and oxygen atoms in total. The fourth-order valence-corrected chi connectivity index (χ4v) is 3.13. The molecule has 0 saturated carbocycles. The number of morpholine rings is 1. The van der Waals surface area contributed by atoms with Crippen molar-refractivity contribution in [2.24, 2.45) is 0 Å². The minimum atomic E-state index is 0.204. The lowest BCUT2D eigenvalue weighted by atomic mass is 10.1. The van der Waals surface area contributed by atoms with Crippen LogP contribution in [0.25, 0.3) is 17.2 Å². The van der Waals surface area contributed by atoms with Crippen molar-refractivity contribution in [2.45, 2.75) is 0 Å². The summed E-state index contributed by atoms with van der Waals surface area (Å²) in [5.74, 6) is 7.96. The average Bonchev–Trinajstić information content (AvgIpc) is 3.19. The predicted octanol–water partition coefficient (Wildman–Crippen LogP) is 0.624. The predicted molar refractivity (Wildman–Crippen MR) is 105 cm³/mol. The molecular weight excluding hydrogens is 358 g/mol. The second-order valence-electron chi connectivity index (χ2n) is 6.31. The van der Waals surface area contributed by atoms with Crippen LogP contribution in [0.4, 0.5) is 11.8 Å². The summed E-state index contributed by atoms with van der Waals surface area (Å²) in [7, 11) is 1.60. The van der Waals surface area contributed by atoms with E-state index >= 15 is 0 Å². The summed E-state index contributed by atoms with van der Waals surface area (Å²) in [6.45, 7) is 4.05. The van der Waals surface area contributed by atoms with Crippen molar-refractivity contribution in [1.29, 1.82) is 0 Å². The monoisotopic (exact) mass is 379 g/mol. The minimum absolute atomic E-state index is 0.204. The van der Waals surface area contributed by atoms with E-state index in [0.717, 1.165) is 31.9 Å². The number of anilines is 2. The number of nitrogen functional groups attached to an aromatic ring is 2. The van der Waals surface area contributed by atoms with E-state index in [4.69, 9.17) is 20.9 Å². The summed E-state index contributed by atoms with van der Waals surface area (Å²) in [4.78, 5) is 14.9. The Bertz CT molecular complexity index is 1010. The van der Waals surface area contributed by atoms with Gasteiger partial charge in [0.05, 0.1) is 32.6 Å². The number of benzene rings is 1. The van der Waals surface area contributed by atoms with Gasteiger partial charge in [-0.3, -0.25) is 9.47 Å². The molecular formula is C19H21N7O2. The van der Waals surface area contributed by atoms with Crippen molar-refractivity contribution in [1.82, 2.24) is 24.4 Å². The molecule has 0 radical (unpaired) electrons. The highest BCUT2D eigenvalue weighted by molar-refractivity contribution is 5.71. The molecule has 3 heterocycles. The molecule has 4 N–H and O–H groups in total. The molecule has 4 rings (SSSR count). The molecule has 1 fully saturated rings. The van der Waals surface area contributed by atoms with Gasteiger partial charge >= 0.3 is 0 Å². The second-order valence-corrected chi connectivity index (χ2v) is 6.31. The molecule has 0 atom stereocenters. The molecule has 1 aromatic rings. The van der Waals surface area contributed by atoms with Gasteiger partial charge in [0.2, 0.25) is 5.95 Å². The molecule has 0 bridgehead atoms. The summed E-state index contributed by atoms with van der Waals surface area (Å²) in [6, 6.07) is 5.65. The van der Waals surface area contributed by atoms with E-state index in [9.17, 15) is 0 Å². The van der Waals surface area contributed by atoms with Crippen LogP contribution < -0.4 is 16.2 Å². The minimum Gasteiger partial charge on any atom is -0.495 e. The van der Waals surface area contributed by atoms with Crippen LogP contribution in [-0.4, -0.2) is 64.4 Å². The van der Waals surface area contributed by atoms with E-state index in [0.29, 0.717) is 29.5 Å². The Balaban J connectivity index is 1.65. The van der Waals surface area contributed by atoms with Crippen LogP contribution in [-0.2, 0) is 4.74 Å². The standard InChI is InChI=1S/C19H21N7O2/c1-27-15-11-13(3-2-6-25-7-9-28-10-8-25)4-5-14(15)26-18-16(22-12-23-18)17(20)24-19(26)21/h4-5,11-12H,6-10,20H2,1H3,(H2,21,24). The van der Waals surface area contributed by atoms with Crippen LogP contribution >= 0.6 is 0 Å². The molecule has 3 aliphatic heterocycles.